The van der Waals surface area contributed by atoms with Crippen molar-refractivity contribution < 1.29 is 4.39 Å². The molecule has 6 heteroatoms. The molecule has 1 aromatic heterocycles. The van der Waals surface area contributed by atoms with Crippen LogP contribution in [0.4, 0.5) is 15.9 Å². The third-order valence-electron chi connectivity index (χ3n) is 3.88. The van der Waals surface area contributed by atoms with Crippen molar-refractivity contribution in [2.24, 2.45) is 5.73 Å². The monoisotopic (exact) mass is 302 g/mol. The van der Waals surface area contributed by atoms with Gasteiger partial charge in [-0.15, -0.1) is 5.10 Å². The van der Waals surface area contributed by atoms with Crippen LogP contribution in [0.1, 0.15) is 22.4 Å². The molecule has 2 aromatic rings. The maximum Gasteiger partial charge on any atom is 0.166 e. The summed E-state index contributed by atoms with van der Waals surface area (Å²) < 4.78 is 13.5. The normalized spacial score (nSPS) is 13.4. The van der Waals surface area contributed by atoms with Crippen molar-refractivity contribution in [3.05, 3.63) is 46.4 Å². The zero-order chi connectivity index (χ0) is 15.1. The molecule has 1 aromatic carbocycles. The number of nitrogens with zero attached hydrogens (tertiary/aromatic N) is 3. The van der Waals surface area contributed by atoms with E-state index < -0.39 is 0 Å². The Kier molecular flexibility index (Phi) is 3.33. The smallest absolute Gasteiger partial charge is 0.166 e. The van der Waals surface area contributed by atoms with E-state index in [0.717, 1.165) is 34.5 Å². The first-order valence-electron chi connectivity index (χ1n) is 6.68. The maximum absolute atomic E-state index is 13.5. The largest absolute Gasteiger partial charge is 0.389 e. The van der Waals surface area contributed by atoms with E-state index >= 15 is 0 Å². The first-order chi connectivity index (χ1) is 9.99. The lowest BCUT2D eigenvalue weighted by atomic mass is 10.1. The van der Waals surface area contributed by atoms with Crippen LogP contribution < -0.4 is 10.6 Å². The van der Waals surface area contributed by atoms with Crippen molar-refractivity contribution in [1.82, 2.24) is 10.2 Å². The number of thiocarbonyl (C=S) groups is 1. The lowest BCUT2D eigenvalue weighted by molar-refractivity contribution is 0.628. The third kappa shape index (κ3) is 2.25. The maximum atomic E-state index is 13.5. The number of anilines is 2. The Morgan fingerprint density at radius 2 is 2.10 bits per heavy atom. The van der Waals surface area contributed by atoms with Crippen molar-refractivity contribution in [1.29, 1.82) is 0 Å². The Morgan fingerprint density at radius 3 is 2.81 bits per heavy atom. The van der Waals surface area contributed by atoms with Gasteiger partial charge in [-0.2, -0.15) is 5.10 Å². The Labute approximate surface area is 127 Å². The minimum Gasteiger partial charge on any atom is -0.389 e. The molecule has 0 bridgehead atoms. The molecule has 21 heavy (non-hydrogen) atoms. The fraction of sp³-hybridized carbons (Fsp3) is 0.267. The van der Waals surface area contributed by atoms with Crippen molar-refractivity contribution >= 4 is 28.7 Å². The van der Waals surface area contributed by atoms with Gasteiger partial charge >= 0.3 is 0 Å². The molecule has 0 unspecified atom stereocenters. The van der Waals surface area contributed by atoms with Crippen LogP contribution in [0.25, 0.3) is 0 Å². The number of halogens is 1. The van der Waals surface area contributed by atoms with Gasteiger partial charge in [-0.1, -0.05) is 18.3 Å². The molecule has 2 N–H and O–H groups in total. The van der Waals surface area contributed by atoms with Crippen LogP contribution in [-0.4, -0.2) is 21.7 Å². The molecule has 2 heterocycles. The summed E-state index contributed by atoms with van der Waals surface area (Å²) >= 11 is 5.17. The summed E-state index contributed by atoms with van der Waals surface area (Å²) in [6.45, 7) is 4.50. The highest BCUT2D eigenvalue weighted by Gasteiger charge is 2.26. The number of nitrogens with two attached hydrogens (primary N) is 1. The van der Waals surface area contributed by atoms with Crippen LogP contribution >= 0.6 is 12.2 Å². The van der Waals surface area contributed by atoms with Gasteiger partial charge in [0.1, 0.15) is 10.8 Å². The molecule has 0 radical (unpaired) electrons. The molecular formula is C15H15FN4S. The van der Waals surface area contributed by atoms with Gasteiger partial charge in [0.05, 0.1) is 11.3 Å². The standard InChI is InChI=1S/C15H15FN4S/c1-8-9(2)18-19-15(13(8)14(17)21)20-6-5-10-3-4-11(16)7-12(10)20/h3-4,7H,5-6H2,1-2H3,(H2,17,21). The average Bonchev–Trinajstić information content (AvgIpc) is 2.84. The van der Waals surface area contributed by atoms with E-state index in [1.165, 1.54) is 12.1 Å². The molecule has 0 fully saturated rings. The van der Waals surface area contributed by atoms with E-state index in [1.54, 1.807) is 6.07 Å². The molecule has 4 nitrogen and oxygen atoms in total. The molecule has 108 valence electrons. The zero-order valence-corrected chi connectivity index (χ0v) is 12.7. The molecule has 0 aliphatic carbocycles. The number of aryl methyl sites for hydroxylation is 1. The summed E-state index contributed by atoms with van der Waals surface area (Å²) in [5.74, 6) is 0.337. The molecule has 0 spiro atoms. The zero-order valence-electron chi connectivity index (χ0n) is 11.9. The number of hydrogen-bond acceptors (Lipinski definition) is 4. The summed E-state index contributed by atoms with van der Waals surface area (Å²) in [6.07, 6.45) is 0.834. The average molecular weight is 302 g/mol. The number of hydrogen-bond donors (Lipinski definition) is 1. The highest BCUT2D eigenvalue weighted by atomic mass is 32.1. The van der Waals surface area contributed by atoms with Crippen LogP contribution in [0, 0.1) is 19.7 Å². The van der Waals surface area contributed by atoms with Crippen LogP contribution in [0.3, 0.4) is 0 Å². The summed E-state index contributed by atoms with van der Waals surface area (Å²) in [6, 6.07) is 4.80. The second kappa shape index (κ2) is 5.04. The van der Waals surface area contributed by atoms with Crippen LogP contribution in [0.5, 0.6) is 0 Å². The second-order valence-corrected chi connectivity index (χ2v) is 5.59. The highest BCUT2D eigenvalue weighted by molar-refractivity contribution is 7.80. The number of benzene rings is 1. The molecule has 1 aliphatic rings. The number of fused-ring (bicyclic) bond motifs is 1. The fourth-order valence-electron chi connectivity index (χ4n) is 2.65. The Bertz CT molecular complexity index is 745. The van der Waals surface area contributed by atoms with Gasteiger partial charge in [0.25, 0.3) is 0 Å². The number of aromatic nitrogens is 2. The molecule has 1 aliphatic heterocycles. The minimum absolute atomic E-state index is 0.269. The van der Waals surface area contributed by atoms with Crippen LogP contribution in [-0.2, 0) is 6.42 Å². The van der Waals surface area contributed by atoms with Crippen molar-refractivity contribution in [2.45, 2.75) is 20.3 Å². The number of rotatable bonds is 2. The van der Waals surface area contributed by atoms with Crippen molar-refractivity contribution in [3.63, 3.8) is 0 Å². The third-order valence-corrected chi connectivity index (χ3v) is 4.09. The summed E-state index contributed by atoms with van der Waals surface area (Å²) in [7, 11) is 0. The first kappa shape index (κ1) is 13.9. The van der Waals surface area contributed by atoms with Crippen molar-refractivity contribution in [3.8, 4) is 0 Å². The topological polar surface area (TPSA) is 55.0 Å². The SMILES string of the molecule is Cc1nnc(N2CCc3ccc(F)cc32)c(C(N)=S)c1C. The molecular weight excluding hydrogens is 287 g/mol. The molecule has 0 atom stereocenters. The summed E-state index contributed by atoms with van der Waals surface area (Å²) in [4.78, 5) is 2.22. The molecule has 0 amide bonds. The van der Waals surface area contributed by atoms with Gasteiger partial charge in [0.2, 0.25) is 0 Å². The Morgan fingerprint density at radius 1 is 1.33 bits per heavy atom. The van der Waals surface area contributed by atoms with Gasteiger partial charge in [-0.25, -0.2) is 4.39 Å². The summed E-state index contributed by atoms with van der Waals surface area (Å²) in [5.41, 5.74) is 10.2. The highest BCUT2D eigenvalue weighted by Crippen LogP contribution is 2.36. The van der Waals surface area contributed by atoms with E-state index in [1.807, 2.05) is 18.7 Å². The summed E-state index contributed by atoms with van der Waals surface area (Å²) in [5, 5.41) is 8.42. The van der Waals surface area contributed by atoms with Crippen LogP contribution in [0.2, 0.25) is 0 Å². The molecule has 0 saturated heterocycles. The minimum atomic E-state index is -0.269. The quantitative estimate of drug-likeness (QED) is 0.864. The predicted molar refractivity (Wildman–Crippen MR) is 84.5 cm³/mol. The molecule has 0 saturated carbocycles. The van der Waals surface area contributed by atoms with Gasteiger partial charge < -0.3 is 10.6 Å². The van der Waals surface area contributed by atoms with Gasteiger partial charge in [-0.05, 0) is 43.5 Å². The van der Waals surface area contributed by atoms with Crippen molar-refractivity contribution in [2.75, 3.05) is 11.4 Å². The fourth-order valence-corrected chi connectivity index (χ4v) is 2.90. The predicted octanol–water partition coefficient (Wildman–Crippen LogP) is 2.56. The van der Waals surface area contributed by atoms with Gasteiger partial charge in [0.15, 0.2) is 5.82 Å². The first-order valence-corrected chi connectivity index (χ1v) is 7.09. The lowest BCUT2D eigenvalue weighted by Crippen LogP contribution is -2.23. The van der Waals surface area contributed by atoms with E-state index in [4.69, 9.17) is 18.0 Å². The Balaban J connectivity index is 2.18. The van der Waals surface area contributed by atoms with Gasteiger partial charge in [-0.3, -0.25) is 0 Å². The lowest BCUT2D eigenvalue weighted by Gasteiger charge is -2.22. The van der Waals surface area contributed by atoms with E-state index in [0.29, 0.717) is 12.4 Å². The van der Waals surface area contributed by atoms with Gasteiger partial charge in [0, 0.05) is 12.2 Å². The van der Waals surface area contributed by atoms with Crippen LogP contribution in [0.15, 0.2) is 18.2 Å². The Hall–Kier alpha value is -2.08. The van der Waals surface area contributed by atoms with E-state index in [-0.39, 0.29) is 10.8 Å². The molecule has 3 rings (SSSR count). The van der Waals surface area contributed by atoms with E-state index in [2.05, 4.69) is 10.2 Å². The second-order valence-electron chi connectivity index (χ2n) is 5.15. The van der Waals surface area contributed by atoms with E-state index in [9.17, 15) is 4.39 Å².